The minimum Gasteiger partial charge on any atom is -0.366 e. The molecule has 1 aromatic rings. The molecule has 0 saturated carbocycles. The third-order valence-corrected chi connectivity index (χ3v) is 1.69. The van der Waals surface area contributed by atoms with Crippen molar-refractivity contribution in [2.75, 3.05) is 10.6 Å². The summed E-state index contributed by atoms with van der Waals surface area (Å²) in [5, 5.41) is 13.6. The van der Waals surface area contributed by atoms with Gasteiger partial charge < -0.3 is 10.6 Å². The molecule has 0 atom stereocenters. The normalized spacial score (nSPS) is 10.1. The number of anilines is 2. The molecule has 82 valence electrons. The quantitative estimate of drug-likeness (QED) is 0.789. The molecule has 2 N–H and O–H groups in total. The first-order chi connectivity index (χ1) is 7.11. The van der Waals surface area contributed by atoms with Gasteiger partial charge in [-0.2, -0.15) is 0 Å². The van der Waals surface area contributed by atoms with Crippen molar-refractivity contribution in [1.82, 2.24) is 10.2 Å². The molecular weight excluding hydrogens is 192 g/mol. The maximum Gasteiger partial charge on any atom is 0.225 e. The molecule has 0 aliphatic rings. The number of carbonyl (C=O) groups is 1. The highest BCUT2D eigenvalue weighted by molar-refractivity contribution is 5.89. The fourth-order valence-corrected chi connectivity index (χ4v) is 1.00. The average molecular weight is 208 g/mol. The highest BCUT2D eigenvalue weighted by Gasteiger charge is 2.01. The van der Waals surface area contributed by atoms with E-state index in [1.807, 2.05) is 13.8 Å². The number of aromatic nitrogens is 2. The minimum atomic E-state index is -0.0612. The lowest BCUT2D eigenvalue weighted by Crippen LogP contribution is -2.14. The van der Waals surface area contributed by atoms with Crippen molar-refractivity contribution in [2.45, 2.75) is 33.2 Å². The number of hydrogen-bond acceptors (Lipinski definition) is 4. The van der Waals surface area contributed by atoms with Gasteiger partial charge in [0.05, 0.1) is 0 Å². The van der Waals surface area contributed by atoms with E-state index in [2.05, 4.69) is 20.8 Å². The number of nitrogens with zero attached hydrogens (tertiary/aromatic N) is 2. The molecule has 15 heavy (non-hydrogen) atoms. The molecule has 0 bridgehead atoms. The largest absolute Gasteiger partial charge is 0.366 e. The van der Waals surface area contributed by atoms with Crippen molar-refractivity contribution in [3.8, 4) is 0 Å². The van der Waals surface area contributed by atoms with Crippen LogP contribution >= 0.6 is 0 Å². The molecular formula is C10H16N4O. The first kappa shape index (κ1) is 11.4. The SMILES string of the molecule is CCC(=O)Nc1ccc(NC(C)C)nn1. The van der Waals surface area contributed by atoms with Gasteiger partial charge in [-0.15, -0.1) is 10.2 Å². The monoisotopic (exact) mass is 208 g/mol. The lowest BCUT2D eigenvalue weighted by Gasteiger charge is -2.08. The maximum absolute atomic E-state index is 11.0. The predicted molar refractivity (Wildman–Crippen MR) is 59.7 cm³/mol. The van der Waals surface area contributed by atoms with Crippen LogP contribution in [0.2, 0.25) is 0 Å². The molecule has 0 aliphatic carbocycles. The fourth-order valence-electron chi connectivity index (χ4n) is 1.00. The Morgan fingerprint density at radius 3 is 2.40 bits per heavy atom. The maximum atomic E-state index is 11.0. The van der Waals surface area contributed by atoms with Crippen LogP contribution in [0.4, 0.5) is 11.6 Å². The van der Waals surface area contributed by atoms with E-state index < -0.39 is 0 Å². The second-order valence-corrected chi connectivity index (χ2v) is 3.50. The van der Waals surface area contributed by atoms with E-state index in [4.69, 9.17) is 0 Å². The van der Waals surface area contributed by atoms with Crippen molar-refractivity contribution in [1.29, 1.82) is 0 Å². The van der Waals surface area contributed by atoms with Crippen LogP contribution in [-0.2, 0) is 4.79 Å². The Morgan fingerprint density at radius 1 is 1.33 bits per heavy atom. The molecule has 0 unspecified atom stereocenters. The molecule has 0 spiro atoms. The average Bonchev–Trinajstić information content (AvgIpc) is 2.20. The summed E-state index contributed by atoms with van der Waals surface area (Å²) < 4.78 is 0. The van der Waals surface area contributed by atoms with Crippen molar-refractivity contribution in [3.05, 3.63) is 12.1 Å². The second kappa shape index (κ2) is 5.29. The van der Waals surface area contributed by atoms with Crippen LogP contribution in [0.15, 0.2) is 12.1 Å². The summed E-state index contributed by atoms with van der Waals surface area (Å²) in [4.78, 5) is 11.0. The van der Waals surface area contributed by atoms with Gasteiger partial charge in [0.15, 0.2) is 5.82 Å². The van der Waals surface area contributed by atoms with E-state index in [0.717, 1.165) is 0 Å². The van der Waals surface area contributed by atoms with Gasteiger partial charge in [-0.05, 0) is 26.0 Å². The Balaban J connectivity index is 2.60. The van der Waals surface area contributed by atoms with Crippen LogP contribution in [-0.4, -0.2) is 22.1 Å². The summed E-state index contributed by atoms with van der Waals surface area (Å²) in [5.74, 6) is 1.13. The lowest BCUT2D eigenvalue weighted by atomic mass is 10.4. The standard InChI is InChI=1S/C10H16N4O/c1-4-10(15)12-9-6-5-8(13-14-9)11-7(2)3/h5-7H,4H2,1-3H3,(H,11,13)(H,12,14,15). The van der Waals surface area contributed by atoms with E-state index in [-0.39, 0.29) is 5.91 Å². The zero-order valence-corrected chi connectivity index (χ0v) is 9.24. The Labute approximate surface area is 89.3 Å². The second-order valence-electron chi connectivity index (χ2n) is 3.50. The molecule has 5 nitrogen and oxygen atoms in total. The predicted octanol–water partition coefficient (Wildman–Crippen LogP) is 1.65. The lowest BCUT2D eigenvalue weighted by molar-refractivity contribution is -0.115. The van der Waals surface area contributed by atoms with Crippen molar-refractivity contribution in [2.24, 2.45) is 0 Å². The van der Waals surface area contributed by atoms with Crippen molar-refractivity contribution >= 4 is 17.5 Å². The Morgan fingerprint density at radius 2 is 1.93 bits per heavy atom. The van der Waals surface area contributed by atoms with E-state index in [9.17, 15) is 4.79 Å². The summed E-state index contributed by atoms with van der Waals surface area (Å²) in [5.41, 5.74) is 0. The van der Waals surface area contributed by atoms with Gasteiger partial charge in [0, 0.05) is 12.5 Å². The van der Waals surface area contributed by atoms with E-state index in [0.29, 0.717) is 24.1 Å². The zero-order chi connectivity index (χ0) is 11.3. The summed E-state index contributed by atoms with van der Waals surface area (Å²) in [6, 6.07) is 3.83. The molecule has 5 heteroatoms. The molecule has 1 amide bonds. The fraction of sp³-hybridized carbons (Fsp3) is 0.500. The summed E-state index contributed by atoms with van der Waals surface area (Å²) in [7, 11) is 0. The van der Waals surface area contributed by atoms with Crippen molar-refractivity contribution in [3.63, 3.8) is 0 Å². The van der Waals surface area contributed by atoms with Crippen LogP contribution < -0.4 is 10.6 Å². The van der Waals surface area contributed by atoms with Gasteiger partial charge in [-0.1, -0.05) is 6.92 Å². The number of carbonyl (C=O) groups excluding carboxylic acids is 1. The van der Waals surface area contributed by atoms with Crippen LogP contribution in [0.3, 0.4) is 0 Å². The number of nitrogens with one attached hydrogen (secondary N) is 2. The smallest absolute Gasteiger partial charge is 0.225 e. The Kier molecular flexibility index (Phi) is 4.03. The molecule has 1 heterocycles. The number of hydrogen-bond donors (Lipinski definition) is 2. The molecule has 0 aromatic carbocycles. The van der Waals surface area contributed by atoms with Gasteiger partial charge in [-0.25, -0.2) is 0 Å². The molecule has 1 rings (SSSR count). The van der Waals surface area contributed by atoms with Crippen molar-refractivity contribution < 1.29 is 4.79 Å². The van der Waals surface area contributed by atoms with Gasteiger partial charge in [-0.3, -0.25) is 4.79 Å². The van der Waals surface area contributed by atoms with Crippen LogP contribution in [0, 0.1) is 0 Å². The Hall–Kier alpha value is -1.65. The summed E-state index contributed by atoms with van der Waals surface area (Å²) in [6.07, 6.45) is 0.438. The van der Waals surface area contributed by atoms with E-state index in [1.54, 1.807) is 19.1 Å². The van der Waals surface area contributed by atoms with Gasteiger partial charge in [0.25, 0.3) is 0 Å². The van der Waals surface area contributed by atoms with Gasteiger partial charge in [0.1, 0.15) is 5.82 Å². The van der Waals surface area contributed by atoms with Gasteiger partial charge >= 0.3 is 0 Å². The molecule has 0 aliphatic heterocycles. The molecule has 0 radical (unpaired) electrons. The summed E-state index contributed by atoms with van der Waals surface area (Å²) >= 11 is 0. The minimum absolute atomic E-state index is 0.0612. The first-order valence-electron chi connectivity index (χ1n) is 5.02. The van der Waals surface area contributed by atoms with Crippen LogP contribution in [0.5, 0.6) is 0 Å². The Bertz CT molecular complexity index is 321. The molecule has 0 fully saturated rings. The highest BCUT2D eigenvalue weighted by atomic mass is 16.1. The summed E-state index contributed by atoms with van der Waals surface area (Å²) in [6.45, 7) is 5.83. The third kappa shape index (κ3) is 3.93. The zero-order valence-electron chi connectivity index (χ0n) is 9.24. The third-order valence-electron chi connectivity index (χ3n) is 1.69. The number of amides is 1. The first-order valence-corrected chi connectivity index (χ1v) is 5.02. The molecule has 1 aromatic heterocycles. The van der Waals surface area contributed by atoms with E-state index in [1.165, 1.54) is 0 Å². The van der Waals surface area contributed by atoms with Crippen LogP contribution in [0.1, 0.15) is 27.2 Å². The number of rotatable bonds is 4. The van der Waals surface area contributed by atoms with Gasteiger partial charge in [0.2, 0.25) is 5.91 Å². The highest BCUT2D eigenvalue weighted by Crippen LogP contribution is 2.07. The molecule has 0 saturated heterocycles. The van der Waals surface area contributed by atoms with E-state index >= 15 is 0 Å². The van der Waals surface area contributed by atoms with Crippen LogP contribution in [0.25, 0.3) is 0 Å². The topological polar surface area (TPSA) is 66.9 Å².